The molecule has 1 N–H and O–H groups in total. The molecule has 0 bridgehead atoms. The van der Waals surface area contributed by atoms with Gasteiger partial charge in [0.25, 0.3) is 0 Å². The number of ether oxygens (including phenoxy) is 1. The van der Waals surface area contributed by atoms with Crippen LogP contribution in [0.4, 0.5) is 17.6 Å². The lowest BCUT2D eigenvalue weighted by Crippen LogP contribution is -2.18. The first-order chi connectivity index (χ1) is 14.1. The maximum absolute atomic E-state index is 14.3. The van der Waals surface area contributed by atoms with Crippen molar-refractivity contribution < 1.29 is 27.1 Å². The Kier molecular flexibility index (Phi) is 6.00. The van der Waals surface area contributed by atoms with Crippen molar-refractivity contribution in [3.8, 4) is 5.75 Å². The van der Waals surface area contributed by atoms with Gasteiger partial charge in [-0.2, -0.15) is 0 Å². The van der Waals surface area contributed by atoms with Crippen LogP contribution < -0.4 is 10.3 Å². The smallest absolute Gasteiger partial charge is 0.403 e. The van der Waals surface area contributed by atoms with E-state index in [4.69, 9.17) is 0 Å². The number of aromatic nitrogens is 2. The molecule has 0 aliphatic heterocycles. The fraction of sp³-hybridized carbons (Fsp3) is 0.190. The number of benzene rings is 1. The van der Waals surface area contributed by atoms with Crippen LogP contribution in [0.5, 0.6) is 5.75 Å². The molecule has 0 spiro atoms. The van der Waals surface area contributed by atoms with Crippen molar-refractivity contribution in [3.63, 3.8) is 0 Å². The molecule has 2 aromatic heterocycles. The molecule has 1 atom stereocenters. The fourth-order valence-corrected chi connectivity index (χ4v) is 2.97. The van der Waals surface area contributed by atoms with E-state index >= 15 is 0 Å². The minimum Gasteiger partial charge on any atom is -0.403 e. The molecule has 0 aliphatic carbocycles. The molecule has 0 saturated carbocycles. The van der Waals surface area contributed by atoms with E-state index in [1.807, 2.05) is 6.92 Å². The zero-order chi connectivity index (χ0) is 21.9. The molecule has 3 rings (SSSR count). The highest BCUT2D eigenvalue weighted by Gasteiger charge is 2.32. The predicted molar refractivity (Wildman–Crippen MR) is 99.9 cm³/mol. The Morgan fingerprint density at radius 2 is 1.93 bits per heavy atom. The monoisotopic (exact) mass is 420 g/mol. The van der Waals surface area contributed by atoms with Crippen molar-refractivity contribution in [3.05, 3.63) is 93.4 Å². The maximum Gasteiger partial charge on any atom is 0.573 e. The number of ketones is 1. The van der Waals surface area contributed by atoms with Crippen molar-refractivity contribution in [2.45, 2.75) is 25.6 Å². The lowest BCUT2D eigenvalue weighted by atomic mass is 9.88. The molecule has 3 aromatic rings. The third-order valence-electron chi connectivity index (χ3n) is 4.37. The SMILES string of the molecule is Cc1ccnc(C(CC(=O)c2ccc(=O)[nH]c2)c2ccc(OC(F)(F)F)c(F)c2)c1. The second-order valence-corrected chi connectivity index (χ2v) is 6.62. The van der Waals surface area contributed by atoms with E-state index in [0.29, 0.717) is 5.69 Å². The van der Waals surface area contributed by atoms with Crippen molar-refractivity contribution in [1.29, 1.82) is 0 Å². The number of H-pyrrole nitrogens is 1. The fourth-order valence-electron chi connectivity index (χ4n) is 2.97. The number of aryl methyl sites for hydroxylation is 1. The number of carbonyl (C=O) groups is 1. The van der Waals surface area contributed by atoms with E-state index in [2.05, 4.69) is 14.7 Å². The molecule has 0 radical (unpaired) electrons. The van der Waals surface area contributed by atoms with E-state index in [1.54, 1.807) is 12.1 Å². The third-order valence-corrected chi connectivity index (χ3v) is 4.37. The van der Waals surface area contributed by atoms with Gasteiger partial charge in [0, 0.05) is 42.1 Å². The van der Waals surface area contributed by atoms with Crippen LogP contribution in [0.2, 0.25) is 0 Å². The van der Waals surface area contributed by atoms with Gasteiger partial charge in [-0.3, -0.25) is 14.6 Å². The van der Waals surface area contributed by atoms with E-state index in [1.165, 1.54) is 30.6 Å². The van der Waals surface area contributed by atoms with Crippen LogP contribution in [0.15, 0.2) is 59.7 Å². The van der Waals surface area contributed by atoms with Gasteiger partial charge < -0.3 is 9.72 Å². The van der Waals surface area contributed by atoms with Gasteiger partial charge in [-0.05, 0) is 48.4 Å². The van der Waals surface area contributed by atoms with E-state index < -0.39 is 23.8 Å². The van der Waals surface area contributed by atoms with Gasteiger partial charge in [0.05, 0.1) is 0 Å². The quantitative estimate of drug-likeness (QED) is 0.470. The summed E-state index contributed by atoms with van der Waals surface area (Å²) >= 11 is 0. The lowest BCUT2D eigenvalue weighted by Gasteiger charge is -2.18. The Hall–Kier alpha value is -3.49. The summed E-state index contributed by atoms with van der Waals surface area (Å²) in [5, 5.41) is 0. The zero-order valence-corrected chi connectivity index (χ0v) is 15.7. The molecule has 30 heavy (non-hydrogen) atoms. The molecular formula is C21H16F4N2O3. The summed E-state index contributed by atoms with van der Waals surface area (Å²) in [5.74, 6) is -3.25. The Labute approximate surface area is 168 Å². The molecule has 1 unspecified atom stereocenters. The highest BCUT2D eigenvalue weighted by molar-refractivity contribution is 5.96. The molecule has 0 amide bonds. The summed E-state index contributed by atoms with van der Waals surface area (Å²) in [4.78, 5) is 30.6. The number of rotatable bonds is 6. The van der Waals surface area contributed by atoms with Gasteiger partial charge in [0.1, 0.15) is 0 Å². The zero-order valence-electron chi connectivity index (χ0n) is 15.7. The molecule has 0 saturated heterocycles. The van der Waals surface area contributed by atoms with Crippen LogP contribution >= 0.6 is 0 Å². The average molecular weight is 420 g/mol. The van der Waals surface area contributed by atoms with Crippen LogP contribution in [0.1, 0.15) is 39.5 Å². The highest BCUT2D eigenvalue weighted by atomic mass is 19.4. The number of hydrogen-bond donors (Lipinski definition) is 1. The molecule has 1 aromatic carbocycles. The first-order valence-corrected chi connectivity index (χ1v) is 8.82. The van der Waals surface area contributed by atoms with Crippen molar-refractivity contribution in [1.82, 2.24) is 9.97 Å². The first kappa shape index (κ1) is 21.2. The maximum atomic E-state index is 14.3. The second-order valence-electron chi connectivity index (χ2n) is 6.62. The Balaban J connectivity index is 1.97. The predicted octanol–water partition coefficient (Wildman–Crippen LogP) is 4.52. The Morgan fingerprint density at radius 1 is 1.17 bits per heavy atom. The van der Waals surface area contributed by atoms with Crippen molar-refractivity contribution in [2.75, 3.05) is 0 Å². The summed E-state index contributed by atoms with van der Waals surface area (Å²) in [6, 6.07) is 9.05. The Morgan fingerprint density at radius 3 is 2.53 bits per heavy atom. The minimum atomic E-state index is -5.03. The third kappa shape index (κ3) is 5.31. The van der Waals surface area contributed by atoms with E-state index in [0.717, 1.165) is 17.7 Å². The van der Waals surface area contributed by atoms with Crippen LogP contribution in [0.25, 0.3) is 0 Å². The molecule has 156 valence electrons. The van der Waals surface area contributed by atoms with Crippen LogP contribution in [-0.4, -0.2) is 22.1 Å². The Bertz CT molecular complexity index is 1110. The van der Waals surface area contributed by atoms with Gasteiger partial charge in [0.15, 0.2) is 17.3 Å². The average Bonchev–Trinajstić information content (AvgIpc) is 2.67. The van der Waals surface area contributed by atoms with Gasteiger partial charge >= 0.3 is 6.36 Å². The van der Waals surface area contributed by atoms with Crippen LogP contribution in [0, 0.1) is 12.7 Å². The highest BCUT2D eigenvalue weighted by Crippen LogP contribution is 2.33. The van der Waals surface area contributed by atoms with Gasteiger partial charge in [-0.1, -0.05) is 6.07 Å². The van der Waals surface area contributed by atoms with Gasteiger partial charge in [-0.15, -0.1) is 13.2 Å². The second kappa shape index (κ2) is 8.48. The molecule has 0 aliphatic rings. The number of carbonyl (C=O) groups excluding carboxylic acids is 1. The topological polar surface area (TPSA) is 72.0 Å². The van der Waals surface area contributed by atoms with Crippen molar-refractivity contribution >= 4 is 5.78 Å². The first-order valence-electron chi connectivity index (χ1n) is 8.82. The normalized spacial score (nSPS) is 12.4. The van der Waals surface area contributed by atoms with E-state index in [-0.39, 0.29) is 28.9 Å². The van der Waals surface area contributed by atoms with Gasteiger partial charge in [-0.25, -0.2) is 4.39 Å². The molecule has 5 nitrogen and oxygen atoms in total. The standard InChI is InChI=1S/C21H16F4N2O3/c1-12-6-7-26-17(8-12)15(10-18(28)14-3-5-20(29)27-11-14)13-2-4-19(16(22)9-13)30-21(23,24)25/h2-9,11,15H,10H2,1H3,(H,27,29). The number of hydrogen-bond acceptors (Lipinski definition) is 4. The molecule has 2 heterocycles. The van der Waals surface area contributed by atoms with Crippen LogP contribution in [-0.2, 0) is 0 Å². The van der Waals surface area contributed by atoms with E-state index in [9.17, 15) is 27.2 Å². The summed E-state index contributed by atoms with van der Waals surface area (Å²) < 4.78 is 55.2. The number of nitrogens with zero attached hydrogens (tertiary/aromatic N) is 1. The summed E-state index contributed by atoms with van der Waals surface area (Å²) in [6.07, 6.45) is -2.37. The summed E-state index contributed by atoms with van der Waals surface area (Å²) in [6.45, 7) is 1.81. The van der Waals surface area contributed by atoms with Crippen molar-refractivity contribution in [2.24, 2.45) is 0 Å². The molecule has 9 heteroatoms. The number of pyridine rings is 2. The number of halogens is 4. The van der Waals surface area contributed by atoms with Gasteiger partial charge in [0.2, 0.25) is 5.56 Å². The largest absolute Gasteiger partial charge is 0.573 e. The molecular weight excluding hydrogens is 404 g/mol. The number of nitrogens with one attached hydrogen (secondary N) is 1. The number of Topliss-reactive ketones (excluding diaryl/α,β-unsaturated/α-hetero) is 1. The minimum absolute atomic E-state index is 0.137. The summed E-state index contributed by atoms with van der Waals surface area (Å²) in [7, 11) is 0. The number of alkyl halides is 3. The lowest BCUT2D eigenvalue weighted by molar-refractivity contribution is -0.275. The van der Waals surface area contributed by atoms with Crippen LogP contribution in [0.3, 0.4) is 0 Å². The summed E-state index contributed by atoms with van der Waals surface area (Å²) in [5.41, 5.74) is 1.43. The molecule has 0 fully saturated rings. The number of aromatic amines is 1.